The molecule has 4 nitrogen and oxygen atoms in total. The van der Waals surface area contributed by atoms with Crippen molar-refractivity contribution in [2.75, 3.05) is 39.0 Å². The van der Waals surface area contributed by atoms with Gasteiger partial charge in [-0.3, -0.25) is 0 Å². The van der Waals surface area contributed by atoms with E-state index in [4.69, 9.17) is 0 Å². The topological polar surface area (TPSA) is 40.6 Å². The van der Waals surface area contributed by atoms with Gasteiger partial charge in [-0.2, -0.15) is 4.31 Å². The lowest BCUT2D eigenvalue weighted by molar-refractivity contribution is 0.222. The van der Waals surface area contributed by atoms with Crippen LogP contribution in [-0.4, -0.2) is 56.6 Å². The highest BCUT2D eigenvalue weighted by Crippen LogP contribution is 2.10. The molecule has 0 spiro atoms. The second-order valence-corrected chi connectivity index (χ2v) is 6.79. The van der Waals surface area contributed by atoms with Gasteiger partial charge in [0.25, 0.3) is 0 Å². The Hall–Kier alpha value is -0.130. The van der Waals surface area contributed by atoms with Crippen LogP contribution in [-0.2, 0) is 10.0 Å². The molecule has 1 fully saturated rings. The highest BCUT2D eigenvalue weighted by atomic mass is 32.2. The highest BCUT2D eigenvalue weighted by Gasteiger charge is 2.25. The molecule has 0 radical (unpaired) electrons. The van der Waals surface area contributed by atoms with Crippen LogP contribution in [0.5, 0.6) is 0 Å². The third kappa shape index (κ3) is 4.09. The second kappa shape index (κ2) is 5.27. The summed E-state index contributed by atoms with van der Waals surface area (Å²) in [6.45, 7) is 7.11. The lowest BCUT2D eigenvalue weighted by Gasteiger charge is -2.31. The Balaban J connectivity index is 2.47. The number of hydrogen-bond donors (Lipinski definition) is 0. The predicted octanol–water partition coefficient (Wildman–Crippen LogP) is 0.610. The first-order valence-electron chi connectivity index (χ1n) is 5.58. The minimum Gasteiger partial charge on any atom is -0.304 e. The van der Waals surface area contributed by atoms with Gasteiger partial charge in [0, 0.05) is 26.2 Å². The van der Waals surface area contributed by atoms with E-state index < -0.39 is 10.0 Å². The van der Waals surface area contributed by atoms with Crippen molar-refractivity contribution >= 4 is 10.0 Å². The Morgan fingerprint density at radius 2 is 1.67 bits per heavy atom. The van der Waals surface area contributed by atoms with Crippen molar-refractivity contribution in [3.05, 3.63) is 0 Å². The molecule has 1 saturated heterocycles. The molecule has 0 aromatic carbocycles. The summed E-state index contributed by atoms with van der Waals surface area (Å²) in [5, 5.41) is 0. The zero-order valence-corrected chi connectivity index (χ0v) is 10.8. The third-order valence-electron chi connectivity index (χ3n) is 2.81. The molecule has 90 valence electrons. The molecule has 0 N–H and O–H groups in total. The molecule has 5 heteroatoms. The average molecular weight is 234 g/mol. The molecule has 1 aliphatic rings. The van der Waals surface area contributed by atoms with Crippen molar-refractivity contribution in [2.24, 2.45) is 5.92 Å². The van der Waals surface area contributed by atoms with Gasteiger partial charge in [-0.1, -0.05) is 13.8 Å². The molecule has 0 amide bonds. The van der Waals surface area contributed by atoms with Gasteiger partial charge in [0.1, 0.15) is 0 Å². The van der Waals surface area contributed by atoms with Gasteiger partial charge in [0.2, 0.25) is 10.0 Å². The van der Waals surface area contributed by atoms with Crippen LogP contribution in [0.4, 0.5) is 0 Å². The summed E-state index contributed by atoms with van der Waals surface area (Å²) in [7, 11) is -0.969. The fourth-order valence-electron chi connectivity index (χ4n) is 1.58. The Morgan fingerprint density at radius 1 is 1.13 bits per heavy atom. The summed E-state index contributed by atoms with van der Waals surface area (Å²) < 4.78 is 25.4. The molecule has 0 aromatic rings. The van der Waals surface area contributed by atoms with Crippen LogP contribution >= 0.6 is 0 Å². The molecule has 1 rings (SSSR count). The minimum atomic E-state index is -3.00. The van der Waals surface area contributed by atoms with Crippen LogP contribution < -0.4 is 0 Å². The van der Waals surface area contributed by atoms with E-state index in [9.17, 15) is 8.42 Å². The van der Waals surface area contributed by atoms with E-state index in [0.29, 0.717) is 24.8 Å². The van der Waals surface area contributed by atoms with Crippen LogP contribution in [0.3, 0.4) is 0 Å². The van der Waals surface area contributed by atoms with E-state index in [1.165, 1.54) is 0 Å². The molecular formula is C10H22N2O2S. The predicted molar refractivity (Wildman–Crippen MR) is 62.3 cm³/mol. The standard InChI is InChI=1S/C10H22N2O2S/c1-10(2)4-9-15(13,14)12-7-5-11(3)6-8-12/h10H,4-9H2,1-3H3. The lowest BCUT2D eigenvalue weighted by atomic mass is 10.2. The highest BCUT2D eigenvalue weighted by molar-refractivity contribution is 7.89. The maximum Gasteiger partial charge on any atom is 0.214 e. The molecule has 1 aliphatic heterocycles. The first-order valence-corrected chi connectivity index (χ1v) is 7.19. The molecule has 0 saturated carbocycles. The average Bonchev–Trinajstić information content (AvgIpc) is 2.16. The van der Waals surface area contributed by atoms with Gasteiger partial charge in [0.15, 0.2) is 0 Å². The molecule has 0 unspecified atom stereocenters. The van der Waals surface area contributed by atoms with E-state index in [1.54, 1.807) is 4.31 Å². The fraction of sp³-hybridized carbons (Fsp3) is 1.00. The summed E-state index contributed by atoms with van der Waals surface area (Å²) in [6, 6.07) is 0. The van der Waals surface area contributed by atoms with Crippen LogP contribution in [0.15, 0.2) is 0 Å². The Labute approximate surface area is 93.3 Å². The van der Waals surface area contributed by atoms with Gasteiger partial charge in [-0.15, -0.1) is 0 Å². The monoisotopic (exact) mass is 234 g/mol. The number of piperazine rings is 1. The van der Waals surface area contributed by atoms with Crippen LogP contribution in [0.1, 0.15) is 20.3 Å². The number of likely N-dealkylation sites (N-methyl/N-ethyl adjacent to an activating group) is 1. The van der Waals surface area contributed by atoms with Crippen LogP contribution in [0.25, 0.3) is 0 Å². The van der Waals surface area contributed by atoms with Crippen molar-refractivity contribution in [1.82, 2.24) is 9.21 Å². The maximum atomic E-state index is 11.9. The van der Waals surface area contributed by atoms with Gasteiger partial charge < -0.3 is 4.90 Å². The van der Waals surface area contributed by atoms with Crippen LogP contribution in [0.2, 0.25) is 0 Å². The second-order valence-electron chi connectivity index (χ2n) is 4.70. The lowest BCUT2D eigenvalue weighted by Crippen LogP contribution is -2.47. The fourth-order valence-corrected chi connectivity index (χ4v) is 3.33. The molecule has 1 heterocycles. The molecule has 0 aliphatic carbocycles. The largest absolute Gasteiger partial charge is 0.304 e. The number of hydrogen-bond acceptors (Lipinski definition) is 3. The Morgan fingerprint density at radius 3 is 2.13 bits per heavy atom. The molecule has 0 aromatic heterocycles. The normalized spacial score (nSPS) is 21.1. The Bertz CT molecular complexity index is 280. The summed E-state index contributed by atoms with van der Waals surface area (Å²) in [4.78, 5) is 2.16. The van der Waals surface area contributed by atoms with Crippen molar-refractivity contribution in [3.63, 3.8) is 0 Å². The van der Waals surface area contributed by atoms with Gasteiger partial charge in [-0.05, 0) is 19.4 Å². The zero-order chi connectivity index (χ0) is 11.5. The van der Waals surface area contributed by atoms with Crippen molar-refractivity contribution < 1.29 is 8.42 Å². The van der Waals surface area contributed by atoms with E-state index in [1.807, 2.05) is 7.05 Å². The Kier molecular flexibility index (Phi) is 4.55. The SMILES string of the molecule is CC(C)CCS(=O)(=O)N1CCN(C)CC1. The van der Waals surface area contributed by atoms with Crippen LogP contribution in [0, 0.1) is 5.92 Å². The van der Waals surface area contributed by atoms with Gasteiger partial charge in [0.05, 0.1) is 5.75 Å². The van der Waals surface area contributed by atoms with Crippen molar-refractivity contribution in [3.8, 4) is 0 Å². The van der Waals surface area contributed by atoms with E-state index >= 15 is 0 Å². The summed E-state index contributed by atoms with van der Waals surface area (Å²) in [5.74, 6) is 0.751. The van der Waals surface area contributed by atoms with Crippen molar-refractivity contribution in [1.29, 1.82) is 0 Å². The summed E-state index contributed by atoms with van der Waals surface area (Å²) >= 11 is 0. The van der Waals surface area contributed by atoms with E-state index in [-0.39, 0.29) is 0 Å². The van der Waals surface area contributed by atoms with Gasteiger partial charge >= 0.3 is 0 Å². The van der Waals surface area contributed by atoms with Gasteiger partial charge in [-0.25, -0.2) is 8.42 Å². The molecular weight excluding hydrogens is 212 g/mol. The number of sulfonamides is 1. The first-order chi connectivity index (χ1) is 6.92. The summed E-state index contributed by atoms with van der Waals surface area (Å²) in [5.41, 5.74) is 0. The first kappa shape index (κ1) is 12.9. The minimum absolute atomic E-state index is 0.300. The smallest absolute Gasteiger partial charge is 0.214 e. The molecule has 0 atom stereocenters. The summed E-state index contributed by atoms with van der Waals surface area (Å²) in [6.07, 6.45) is 0.759. The molecule has 15 heavy (non-hydrogen) atoms. The third-order valence-corrected chi connectivity index (χ3v) is 4.71. The number of nitrogens with zero attached hydrogens (tertiary/aromatic N) is 2. The number of rotatable bonds is 4. The zero-order valence-electron chi connectivity index (χ0n) is 9.94. The van der Waals surface area contributed by atoms with E-state index in [2.05, 4.69) is 18.7 Å². The molecule has 0 bridgehead atoms. The maximum absolute atomic E-state index is 11.9. The van der Waals surface area contributed by atoms with E-state index in [0.717, 1.165) is 19.5 Å². The quantitative estimate of drug-likeness (QED) is 0.715. The van der Waals surface area contributed by atoms with Crippen molar-refractivity contribution in [2.45, 2.75) is 20.3 Å².